The maximum absolute atomic E-state index is 11.8. The highest BCUT2D eigenvalue weighted by molar-refractivity contribution is 5.94. The highest BCUT2D eigenvalue weighted by Crippen LogP contribution is 2.36. The summed E-state index contributed by atoms with van der Waals surface area (Å²) in [6.07, 6.45) is -0.336. The number of benzene rings is 2. The van der Waals surface area contributed by atoms with Crippen LogP contribution >= 0.6 is 0 Å². The second kappa shape index (κ2) is 4.85. The van der Waals surface area contributed by atoms with Crippen molar-refractivity contribution in [3.63, 3.8) is 0 Å². The van der Waals surface area contributed by atoms with Crippen LogP contribution in [-0.4, -0.2) is 5.97 Å². The van der Waals surface area contributed by atoms with Crippen LogP contribution in [0.2, 0.25) is 0 Å². The van der Waals surface area contributed by atoms with Crippen molar-refractivity contribution in [1.29, 1.82) is 0 Å². The minimum Gasteiger partial charge on any atom is -0.463 e. The van der Waals surface area contributed by atoms with Gasteiger partial charge in [0.1, 0.15) is 5.75 Å². The summed E-state index contributed by atoms with van der Waals surface area (Å²) in [5.74, 6) is 1.09. The largest absolute Gasteiger partial charge is 0.463 e. The lowest BCUT2D eigenvalue weighted by Crippen LogP contribution is -2.00. The molecule has 0 saturated carbocycles. The Morgan fingerprint density at radius 2 is 1.85 bits per heavy atom. The summed E-state index contributed by atoms with van der Waals surface area (Å²) in [4.78, 5) is 11.8. The minimum atomic E-state index is -0.336. The molecule has 0 spiro atoms. The Balaban J connectivity index is 1.91. The molecule has 2 aromatic rings. The molecule has 20 heavy (non-hydrogen) atoms. The number of rotatable bonds is 3. The van der Waals surface area contributed by atoms with E-state index in [1.165, 1.54) is 0 Å². The zero-order valence-electron chi connectivity index (χ0n) is 11.1. The predicted octanol–water partition coefficient (Wildman–Crippen LogP) is 3.86. The standard InChI is InChI=1S/C17H14O3/c1-11(2)19-13-9-7-12(8-10-13)16-14-5-3-4-6-15(14)17(18)20-16/h3-10,16H,1H2,2H3. The van der Waals surface area contributed by atoms with Crippen LogP contribution < -0.4 is 4.74 Å². The highest BCUT2D eigenvalue weighted by Gasteiger charge is 2.31. The van der Waals surface area contributed by atoms with Crippen LogP contribution in [-0.2, 0) is 4.74 Å². The summed E-state index contributed by atoms with van der Waals surface area (Å²) in [6, 6.07) is 15.0. The predicted molar refractivity (Wildman–Crippen MR) is 75.6 cm³/mol. The molecule has 3 nitrogen and oxygen atoms in total. The maximum Gasteiger partial charge on any atom is 0.339 e. The lowest BCUT2D eigenvalue weighted by molar-refractivity contribution is 0.0456. The zero-order chi connectivity index (χ0) is 14.1. The molecular weight excluding hydrogens is 252 g/mol. The number of allylic oxidation sites excluding steroid dienone is 1. The average molecular weight is 266 g/mol. The van der Waals surface area contributed by atoms with Crippen LogP contribution in [0.4, 0.5) is 0 Å². The van der Waals surface area contributed by atoms with Crippen LogP contribution in [0.25, 0.3) is 0 Å². The van der Waals surface area contributed by atoms with Crippen LogP contribution in [0.1, 0.15) is 34.5 Å². The van der Waals surface area contributed by atoms with E-state index in [2.05, 4.69) is 6.58 Å². The number of carbonyl (C=O) groups is 1. The highest BCUT2D eigenvalue weighted by atomic mass is 16.5. The van der Waals surface area contributed by atoms with Gasteiger partial charge in [-0.15, -0.1) is 0 Å². The van der Waals surface area contributed by atoms with Crippen molar-refractivity contribution >= 4 is 5.97 Å². The SMILES string of the molecule is C=C(C)Oc1ccc(C2OC(=O)c3ccccc32)cc1. The van der Waals surface area contributed by atoms with E-state index in [0.29, 0.717) is 11.3 Å². The zero-order valence-corrected chi connectivity index (χ0v) is 11.1. The molecule has 0 bridgehead atoms. The first-order chi connectivity index (χ1) is 9.65. The van der Waals surface area contributed by atoms with Gasteiger partial charge in [-0.25, -0.2) is 4.79 Å². The van der Waals surface area contributed by atoms with Gasteiger partial charge in [0.2, 0.25) is 0 Å². The van der Waals surface area contributed by atoms with Crippen molar-refractivity contribution < 1.29 is 14.3 Å². The first-order valence-electron chi connectivity index (χ1n) is 6.38. The number of hydrogen-bond donors (Lipinski definition) is 0. The molecule has 0 radical (unpaired) electrons. The van der Waals surface area contributed by atoms with Gasteiger partial charge in [-0.3, -0.25) is 0 Å². The lowest BCUT2D eigenvalue weighted by Gasteiger charge is -2.12. The fourth-order valence-corrected chi connectivity index (χ4v) is 2.30. The first kappa shape index (κ1) is 12.5. The average Bonchev–Trinajstić information content (AvgIpc) is 2.77. The molecule has 1 unspecified atom stereocenters. The van der Waals surface area contributed by atoms with Crippen LogP contribution in [0.5, 0.6) is 5.75 Å². The van der Waals surface area contributed by atoms with Gasteiger partial charge in [0.05, 0.1) is 11.3 Å². The monoisotopic (exact) mass is 266 g/mol. The van der Waals surface area contributed by atoms with Crippen LogP contribution in [0.3, 0.4) is 0 Å². The minimum absolute atomic E-state index is 0.270. The maximum atomic E-state index is 11.8. The van der Waals surface area contributed by atoms with Crippen molar-refractivity contribution in [3.05, 3.63) is 77.6 Å². The molecule has 0 aromatic heterocycles. The van der Waals surface area contributed by atoms with Crippen molar-refractivity contribution in [2.24, 2.45) is 0 Å². The molecule has 1 aliphatic rings. The fraction of sp³-hybridized carbons (Fsp3) is 0.118. The Kier molecular flexibility index (Phi) is 3.03. The Labute approximate surface area is 117 Å². The van der Waals surface area contributed by atoms with E-state index in [-0.39, 0.29) is 12.1 Å². The van der Waals surface area contributed by atoms with Gasteiger partial charge in [0, 0.05) is 5.56 Å². The Hall–Kier alpha value is -2.55. The number of ether oxygens (including phenoxy) is 2. The Morgan fingerprint density at radius 1 is 1.15 bits per heavy atom. The van der Waals surface area contributed by atoms with Gasteiger partial charge >= 0.3 is 5.97 Å². The van der Waals surface area contributed by atoms with Crippen LogP contribution in [0.15, 0.2) is 60.9 Å². The van der Waals surface area contributed by atoms with Gasteiger partial charge in [-0.05, 0) is 30.7 Å². The van der Waals surface area contributed by atoms with E-state index in [1.807, 2.05) is 42.5 Å². The van der Waals surface area contributed by atoms with E-state index in [0.717, 1.165) is 16.9 Å². The molecule has 0 saturated heterocycles. The van der Waals surface area contributed by atoms with Gasteiger partial charge in [0.25, 0.3) is 0 Å². The molecule has 3 rings (SSSR count). The van der Waals surface area contributed by atoms with Gasteiger partial charge < -0.3 is 9.47 Å². The third-order valence-electron chi connectivity index (χ3n) is 3.16. The molecule has 0 amide bonds. The summed E-state index contributed by atoms with van der Waals surface area (Å²) in [7, 11) is 0. The van der Waals surface area contributed by atoms with E-state index in [4.69, 9.17) is 9.47 Å². The molecular formula is C17H14O3. The summed E-state index contributed by atoms with van der Waals surface area (Å²) < 4.78 is 10.9. The molecule has 1 aliphatic heterocycles. The Bertz CT molecular complexity index is 671. The van der Waals surface area contributed by atoms with Gasteiger partial charge in [-0.1, -0.05) is 36.9 Å². The second-order valence-corrected chi connectivity index (χ2v) is 4.75. The third kappa shape index (κ3) is 2.18. The number of cyclic esters (lactones) is 1. The third-order valence-corrected chi connectivity index (χ3v) is 3.16. The summed E-state index contributed by atoms with van der Waals surface area (Å²) in [5, 5.41) is 0. The van der Waals surface area contributed by atoms with Crippen LogP contribution in [0, 0.1) is 0 Å². The molecule has 0 fully saturated rings. The first-order valence-corrected chi connectivity index (χ1v) is 6.38. The number of fused-ring (bicyclic) bond motifs is 1. The quantitative estimate of drug-likeness (QED) is 0.625. The van der Waals surface area contributed by atoms with Gasteiger partial charge in [0.15, 0.2) is 6.10 Å². The van der Waals surface area contributed by atoms with Crippen molar-refractivity contribution in [2.45, 2.75) is 13.0 Å². The smallest absolute Gasteiger partial charge is 0.339 e. The summed E-state index contributed by atoms with van der Waals surface area (Å²) in [6.45, 7) is 5.49. The molecule has 0 aliphatic carbocycles. The number of esters is 1. The molecule has 2 aromatic carbocycles. The van der Waals surface area contributed by atoms with E-state index >= 15 is 0 Å². The second-order valence-electron chi connectivity index (χ2n) is 4.75. The molecule has 1 heterocycles. The Morgan fingerprint density at radius 3 is 2.55 bits per heavy atom. The topological polar surface area (TPSA) is 35.5 Å². The van der Waals surface area contributed by atoms with Gasteiger partial charge in [-0.2, -0.15) is 0 Å². The molecule has 0 N–H and O–H groups in total. The van der Waals surface area contributed by atoms with E-state index in [9.17, 15) is 4.79 Å². The summed E-state index contributed by atoms with van der Waals surface area (Å²) >= 11 is 0. The molecule has 3 heteroatoms. The number of carbonyl (C=O) groups excluding carboxylic acids is 1. The number of hydrogen-bond acceptors (Lipinski definition) is 3. The van der Waals surface area contributed by atoms with E-state index < -0.39 is 0 Å². The summed E-state index contributed by atoms with van der Waals surface area (Å²) in [5.41, 5.74) is 2.48. The fourth-order valence-electron chi connectivity index (χ4n) is 2.30. The van der Waals surface area contributed by atoms with Crippen molar-refractivity contribution in [3.8, 4) is 5.75 Å². The lowest BCUT2D eigenvalue weighted by atomic mass is 9.99. The molecule has 1 atom stereocenters. The molecule has 100 valence electrons. The van der Waals surface area contributed by atoms with Crippen molar-refractivity contribution in [2.75, 3.05) is 0 Å². The van der Waals surface area contributed by atoms with Crippen molar-refractivity contribution in [1.82, 2.24) is 0 Å². The van der Waals surface area contributed by atoms with E-state index in [1.54, 1.807) is 13.0 Å². The normalized spacial score (nSPS) is 16.4.